The van der Waals surface area contributed by atoms with Crippen LogP contribution in [0.25, 0.3) is 0 Å². The Morgan fingerprint density at radius 3 is 2.19 bits per heavy atom. The molecule has 1 aliphatic rings. The number of hydrogen-bond acceptors (Lipinski definition) is 3. The zero-order chi connectivity index (χ0) is 19.4. The zero-order valence-corrected chi connectivity index (χ0v) is 16.9. The maximum absolute atomic E-state index is 12.9. The molecular formula is C19H20Cl2N2O3S. The highest BCUT2D eigenvalue weighted by atomic mass is 35.5. The quantitative estimate of drug-likeness (QED) is 0.762. The molecule has 27 heavy (non-hydrogen) atoms. The van der Waals surface area contributed by atoms with Crippen molar-refractivity contribution >= 4 is 44.8 Å². The molecular weight excluding hydrogens is 407 g/mol. The topological polar surface area (TPSA) is 66.5 Å². The summed E-state index contributed by atoms with van der Waals surface area (Å²) in [4.78, 5) is 12.7. The Hall–Kier alpha value is -1.60. The normalized spacial score (nSPS) is 15.9. The Balaban J connectivity index is 1.83. The second-order valence-corrected chi connectivity index (χ2v) is 9.27. The smallest absolute Gasteiger partial charge is 0.255 e. The van der Waals surface area contributed by atoms with Gasteiger partial charge in [0.2, 0.25) is 10.0 Å². The standard InChI is InChI=1S/C19H20Cl2N2O3S/c20-15-11-16(21)13-17(12-15)22-19(24)14-6-5-7-18(10-14)27(25,26)23-8-3-1-2-4-9-23/h5-7,10-13H,1-4,8-9H2,(H,22,24). The van der Waals surface area contributed by atoms with E-state index in [0.717, 1.165) is 25.7 Å². The van der Waals surface area contributed by atoms with Crippen molar-refractivity contribution in [1.29, 1.82) is 0 Å². The van der Waals surface area contributed by atoms with Gasteiger partial charge in [0.1, 0.15) is 0 Å². The number of rotatable bonds is 4. The van der Waals surface area contributed by atoms with E-state index >= 15 is 0 Å². The van der Waals surface area contributed by atoms with Crippen LogP contribution in [-0.2, 0) is 10.0 Å². The van der Waals surface area contributed by atoms with Crippen LogP contribution in [0.1, 0.15) is 36.0 Å². The summed E-state index contributed by atoms with van der Waals surface area (Å²) in [7, 11) is -3.62. The van der Waals surface area contributed by atoms with Crippen LogP contribution in [0.15, 0.2) is 47.4 Å². The van der Waals surface area contributed by atoms with Gasteiger partial charge in [-0.3, -0.25) is 4.79 Å². The number of nitrogens with zero attached hydrogens (tertiary/aromatic N) is 1. The summed E-state index contributed by atoms with van der Waals surface area (Å²) in [6.07, 6.45) is 3.79. The van der Waals surface area contributed by atoms with Crippen LogP contribution >= 0.6 is 23.2 Å². The Morgan fingerprint density at radius 2 is 1.56 bits per heavy atom. The fourth-order valence-corrected chi connectivity index (χ4v) is 5.15. The van der Waals surface area contributed by atoms with E-state index in [1.807, 2.05) is 0 Å². The van der Waals surface area contributed by atoms with Gasteiger partial charge in [-0.15, -0.1) is 0 Å². The van der Waals surface area contributed by atoms with E-state index in [4.69, 9.17) is 23.2 Å². The van der Waals surface area contributed by atoms with Crippen LogP contribution in [-0.4, -0.2) is 31.7 Å². The fraction of sp³-hybridized carbons (Fsp3) is 0.316. The van der Waals surface area contributed by atoms with Gasteiger partial charge in [-0.25, -0.2) is 8.42 Å². The summed E-state index contributed by atoms with van der Waals surface area (Å²) in [6, 6.07) is 10.8. The third kappa shape index (κ3) is 5.02. The van der Waals surface area contributed by atoms with Crippen molar-refractivity contribution in [3.05, 3.63) is 58.1 Å². The molecule has 0 aliphatic carbocycles. The number of sulfonamides is 1. The Morgan fingerprint density at radius 1 is 0.926 bits per heavy atom. The summed E-state index contributed by atoms with van der Waals surface area (Å²) in [5.41, 5.74) is 0.695. The van der Waals surface area contributed by atoms with E-state index in [0.29, 0.717) is 28.8 Å². The highest BCUT2D eigenvalue weighted by Crippen LogP contribution is 2.24. The lowest BCUT2D eigenvalue weighted by Gasteiger charge is -2.20. The largest absolute Gasteiger partial charge is 0.322 e. The van der Waals surface area contributed by atoms with Crippen LogP contribution in [0.2, 0.25) is 10.0 Å². The van der Waals surface area contributed by atoms with Crippen molar-refractivity contribution < 1.29 is 13.2 Å². The minimum Gasteiger partial charge on any atom is -0.322 e. The average Bonchev–Trinajstić information content (AvgIpc) is 2.91. The minimum absolute atomic E-state index is 0.126. The van der Waals surface area contributed by atoms with Gasteiger partial charge in [-0.2, -0.15) is 4.31 Å². The molecule has 1 amide bonds. The van der Waals surface area contributed by atoms with Crippen molar-refractivity contribution in [3.63, 3.8) is 0 Å². The van der Waals surface area contributed by atoms with Crippen molar-refractivity contribution in [1.82, 2.24) is 4.31 Å². The van der Waals surface area contributed by atoms with E-state index in [9.17, 15) is 13.2 Å². The molecule has 0 aromatic heterocycles. The van der Waals surface area contributed by atoms with Gasteiger partial charge < -0.3 is 5.32 Å². The van der Waals surface area contributed by atoms with Crippen LogP contribution < -0.4 is 5.32 Å². The SMILES string of the molecule is O=C(Nc1cc(Cl)cc(Cl)c1)c1cccc(S(=O)(=O)N2CCCCCC2)c1. The highest BCUT2D eigenvalue weighted by Gasteiger charge is 2.25. The molecule has 1 heterocycles. The number of carbonyl (C=O) groups is 1. The van der Waals surface area contributed by atoms with E-state index in [-0.39, 0.29) is 10.5 Å². The van der Waals surface area contributed by atoms with E-state index in [1.54, 1.807) is 30.3 Å². The first kappa shape index (κ1) is 20.1. The lowest BCUT2D eigenvalue weighted by molar-refractivity contribution is 0.102. The van der Waals surface area contributed by atoms with Crippen LogP contribution in [0.3, 0.4) is 0 Å². The third-order valence-electron chi connectivity index (χ3n) is 4.42. The number of amides is 1. The van der Waals surface area contributed by atoms with E-state index in [1.165, 1.54) is 16.4 Å². The number of hydrogen-bond donors (Lipinski definition) is 1. The number of halogens is 2. The Bertz CT molecular complexity index is 919. The molecule has 3 rings (SSSR count). The first-order valence-electron chi connectivity index (χ1n) is 8.74. The molecule has 8 heteroatoms. The van der Waals surface area contributed by atoms with Gasteiger partial charge in [0.05, 0.1) is 4.90 Å². The van der Waals surface area contributed by atoms with Gasteiger partial charge in [0, 0.05) is 34.4 Å². The lowest BCUT2D eigenvalue weighted by atomic mass is 10.2. The summed E-state index contributed by atoms with van der Waals surface area (Å²) in [5.74, 6) is -0.429. The highest BCUT2D eigenvalue weighted by molar-refractivity contribution is 7.89. The third-order valence-corrected chi connectivity index (χ3v) is 6.75. The number of carbonyl (C=O) groups excluding carboxylic acids is 1. The van der Waals surface area contributed by atoms with Crippen molar-refractivity contribution in [3.8, 4) is 0 Å². The molecule has 0 radical (unpaired) electrons. The van der Waals surface area contributed by atoms with E-state index in [2.05, 4.69) is 5.32 Å². The van der Waals surface area contributed by atoms with Crippen molar-refractivity contribution in [2.45, 2.75) is 30.6 Å². The minimum atomic E-state index is -3.62. The second-order valence-electron chi connectivity index (χ2n) is 6.46. The molecule has 0 bridgehead atoms. The molecule has 0 unspecified atom stereocenters. The van der Waals surface area contributed by atoms with Gasteiger partial charge in [0.15, 0.2) is 0 Å². The number of nitrogens with one attached hydrogen (secondary N) is 1. The molecule has 0 spiro atoms. The van der Waals surface area contributed by atoms with Gasteiger partial charge in [-0.05, 0) is 49.2 Å². The Labute approximate surface area is 169 Å². The predicted molar refractivity (Wildman–Crippen MR) is 108 cm³/mol. The number of anilines is 1. The van der Waals surface area contributed by atoms with Crippen LogP contribution in [0.4, 0.5) is 5.69 Å². The fourth-order valence-electron chi connectivity index (χ4n) is 3.06. The summed E-state index contributed by atoms with van der Waals surface area (Å²) in [6.45, 7) is 1.03. The molecule has 1 N–H and O–H groups in total. The lowest BCUT2D eigenvalue weighted by Crippen LogP contribution is -2.32. The maximum Gasteiger partial charge on any atom is 0.255 e. The van der Waals surface area contributed by atoms with Crippen LogP contribution in [0, 0.1) is 0 Å². The zero-order valence-electron chi connectivity index (χ0n) is 14.6. The number of benzene rings is 2. The summed E-state index contributed by atoms with van der Waals surface area (Å²) in [5, 5.41) is 3.49. The summed E-state index contributed by atoms with van der Waals surface area (Å²) >= 11 is 11.9. The molecule has 2 aromatic rings. The molecule has 1 fully saturated rings. The monoisotopic (exact) mass is 426 g/mol. The molecule has 0 saturated carbocycles. The van der Waals surface area contributed by atoms with Crippen molar-refractivity contribution in [2.24, 2.45) is 0 Å². The van der Waals surface area contributed by atoms with Gasteiger partial charge >= 0.3 is 0 Å². The molecule has 2 aromatic carbocycles. The van der Waals surface area contributed by atoms with Crippen molar-refractivity contribution in [2.75, 3.05) is 18.4 Å². The molecule has 5 nitrogen and oxygen atoms in total. The van der Waals surface area contributed by atoms with Gasteiger partial charge in [0.25, 0.3) is 5.91 Å². The first-order valence-corrected chi connectivity index (χ1v) is 10.9. The van der Waals surface area contributed by atoms with E-state index < -0.39 is 15.9 Å². The predicted octanol–water partition coefficient (Wildman–Crippen LogP) is 4.81. The molecule has 0 atom stereocenters. The Kier molecular flexibility index (Phi) is 6.42. The van der Waals surface area contributed by atoms with Gasteiger partial charge in [-0.1, -0.05) is 42.1 Å². The maximum atomic E-state index is 12.9. The first-order chi connectivity index (χ1) is 12.9. The summed E-state index contributed by atoms with van der Waals surface area (Å²) < 4.78 is 27.4. The van der Waals surface area contributed by atoms with Crippen LogP contribution in [0.5, 0.6) is 0 Å². The average molecular weight is 427 g/mol. The second kappa shape index (κ2) is 8.61. The molecule has 1 aliphatic heterocycles. The molecule has 1 saturated heterocycles. The molecule has 144 valence electrons.